The lowest BCUT2D eigenvalue weighted by atomic mass is 10.1. The van der Waals surface area contributed by atoms with E-state index in [9.17, 15) is 22.4 Å². The van der Waals surface area contributed by atoms with Crippen molar-refractivity contribution in [3.63, 3.8) is 0 Å². The third-order valence-corrected chi connectivity index (χ3v) is 5.16. The molecule has 0 fully saturated rings. The number of thiazole rings is 1. The number of carbonyl (C=O) groups excluding carboxylic acids is 1. The van der Waals surface area contributed by atoms with Gasteiger partial charge in [-0.05, 0) is 42.5 Å². The third kappa shape index (κ3) is 4.72. The summed E-state index contributed by atoms with van der Waals surface area (Å²) in [7, 11) is 0. The van der Waals surface area contributed by atoms with Crippen molar-refractivity contribution in [3.8, 4) is 10.6 Å². The van der Waals surface area contributed by atoms with Gasteiger partial charge in [0.25, 0.3) is 5.91 Å². The van der Waals surface area contributed by atoms with Gasteiger partial charge in [0.2, 0.25) is 0 Å². The summed E-state index contributed by atoms with van der Waals surface area (Å²) in [5, 5.41) is 7.06. The van der Waals surface area contributed by atoms with Gasteiger partial charge in [-0.2, -0.15) is 13.2 Å². The van der Waals surface area contributed by atoms with Crippen LogP contribution in [0.5, 0.6) is 0 Å². The predicted molar refractivity (Wildman–Crippen MR) is 112 cm³/mol. The molecule has 0 saturated carbocycles. The van der Waals surface area contributed by atoms with Crippen LogP contribution >= 0.6 is 11.3 Å². The van der Waals surface area contributed by atoms with Gasteiger partial charge in [-0.15, -0.1) is 11.3 Å². The van der Waals surface area contributed by atoms with Crippen LogP contribution in [0.15, 0.2) is 66.4 Å². The van der Waals surface area contributed by atoms with Gasteiger partial charge in [0, 0.05) is 28.4 Å². The van der Waals surface area contributed by atoms with E-state index in [0.29, 0.717) is 23.1 Å². The molecular formula is C21H13F4N5OS. The third-order valence-electron chi connectivity index (χ3n) is 4.28. The minimum atomic E-state index is -4.82. The van der Waals surface area contributed by atoms with Crippen LogP contribution in [-0.4, -0.2) is 20.9 Å². The average molecular weight is 459 g/mol. The lowest BCUT2D eigenvalue weighted by Crippen LogP contribution is -2.12. The Kier molecular flexibility index (Phi) is 5.82. The monoisotopic (exact) mass is 459 g/mol. The molecule has 4 rings (SSSR count). The van der Waals surface area contributed by atoms with Crippen molar-refractivity contribution in [1.29, 1.82) is 0 Å². The predicted octanol–water partition coefficient (Wildman–Crippen LogP) is 5.75. The van der Waals surface area contributed by atoms with Gasteiger partial charge in [-0.25, -0.2) is 19.3 Å². The van der Waals surface area contributed by atoms with Gasteiger partial charge in [0.1, 0.15) is 28.8 Å². The fourth-order valence-corrected chi connectivity index (χ4v) is 3.55. The first-order valence-corrected chi connectivity index (χ1v) is 9.95. The van der Waals surface area contributed by atoms with Crippen molar-refractivity contribution >= 4 is 34.6 Å². The second-order valence-electron chi connectivity index (χ2n) is 6.45. The summed E-state index contributed by atoms with van der Waals surface area (Å²) in [5.74, 6) is -1.18. The number of carbonyl (C=O) groups is 1. The van der Waals surface area contributed by atoms with Gasteiger partial charge in [-0.1, -0.05) is 6.07 Å². The quantitative estimate of drug-likeness (QED) is 0.371. The Labute approximate surface area is 183 Å². The zero-order valence-electron chi connectivity index (χ0n) is 16.0. The summed E-state index contributed by atoms with van der Waals surface area (Å²) in [6, 6.07) is 11.2. The van der Waals surface area contributed by atoms with Crippen molar-refractivity contribution in [3.05, 3.63) is 83.4 Å². The molecule has 162 valence electrons. The highest BCUT2D eigenvalue weighted by atomic mass is 32.1. The number of anilines is 3. The number of benzene rings is 2. The van der Waals surface area contributed by atoms with Crippen LogP contribution in [0.2, 0.25) is 0 Å². The number of hydrogen-bond acceptors (Lipinski definition) is 6. The summed E-state index contributed by atoms with van der Waals surface area (Å²) in [6.45, 7) is 0. The van der Waals surface area contributed by atoms with Crippen LogP contribution in [-0.2, 0) is 6.18 Å². The summed E-state index contributed by atoms with van der Waals surface area (Å²) >= 11 is 0.922. The summed E-state index contributed by atoms with van der Waals surface area (Å²) in [6.07, 6.45) is -1.83. The number of alkyl halides is 3. The topological polar surface area (TPSA) is 79.8 Å². The van der Waals surface area contributed by atoms with E-state index in [-0.39, 0.29) is 16.4 Å². The Bertz CT molecular complexity index is 1240. The van der Waals surface area contributed by atoms with E-state index in [1.165, 1.54) is 17.8 Å². The molecule has 4 aromatic rings. The van der Waals surface area contributed by atoms with Crippen LogP contribution in [0.4, 0.5) is 34.9 Å². The van der Waals surface area contributed by atoms with E-state index in [1.807, 2.05) is 0 Å². The van der Waals surface area contributed by atoms with Gasteiger partial charge in [0.05, 0.1) is 5.56 Å². The SMILES string of the molecule is O=C(Nc1csc(-c2cccc(C(F)(F)F)c2F)n1)c1ccc(Nc2ccncn2)cc1. The first-order valence-electron chi connectivity index (χ1n) is 9.07. The molecule has 0 saturated heterocycles. The van der Waals surface area contributed by atoms with Gasteiger partial charge < -0.3 is 10.6 Å². The molecule has 2 aromatic carbocycles. The maximum Gasteiger partial charge on any atom is 0.419 e. The highest BCUT2D eigenvalue weighted by Gasteiger charge is 2.35. The van der Waals surface area contributed by atoms with Crippen LogP contribution in [0.1, 0.15) is 15.9 Å². The van der Waals surface area contributed by atoms with E-state index in [4.69, 9.17) is 0 Å². The number of hydrogen-bond donors (Lipinski definition) is 2. The molecule has 11 heteroatoms. The Morgan fingerprint density at radius 1 is 1.00 bits per heavy atom. The molecule has 2 N–H and O–H groups in total. The minimum absolute atomic E-state index is 0.0216. The highest BCUT2D eigenvalue weighted by Crippen LogP contribution is 2.36. The van der Waals surface area contributed by atoms with Crippen molar-refractivity contribution in [2.75, 3.05) is 10.6 Å². The number of halogens is 4. The summed E-state index contributed by atoms with van der Waals surface area (Å²) in [4.78, 5) is 24.4. The summed E-state index contributed by atoms with van der Waals surface area (Å²) in [5.41, 5.74) is -0.619. The minimum Gasteiger partial charge on any atom is -0.340 e. The van der Waals surface area contributed by atoms with Crippen LogP contribution in [0, 0.1) is 5.82 Å². The van der Waals surface area contributed by atoms with Crippen molar-refractivity contribution in [2.45, 2.75) is 6.18 Å². The first kappa shape index (κ1) is 21.4. The molecule has 0 aliphatic carbocycles. The van der Waals surface area contributed by atoms with E-state index in [1.54, 1.807) is 36.5 Å². The van der Waals surface area contributed by atoms with Crippen molar-refractivity contribution in [2.24, 2.45) is 0 Å². The molecule has 0 spiro atoms. The number of amides is 1. The zero-order chi connectivity index (χ0) is 22.7. The molecule has 0 bridgehead atoms. The molecule has 2 heterocycles. The number of nitrogens with zero attached hydrogens (tertiary/aromatic N) is 3. The van der Waals surface area contributed by atoms with Crippen molar-refractivity contribution in [1.82, 2.24) is 15.0 Å². The standard InChI is InChI=1S/C21H13F4N5OS/c22-18-14(2-1-3-15(18)21(23,24)25)20-30-17(10-32-20)29-19(31)12-4-6-13(7-5-12)28-16-8-9-26-11-27-16/h1-11H,(H,29,31)(H,26,27,28). The normalized spacial score (nSPS) is 11.2. The van der Waals surface area contributed by atoms with E-state index in [2.05, 4.69) is 25.6 Å². The molecule has 0 radical (unpaired) electrons. The molecule has 1 amide bonds. The van der Waals surface area contributed by atoms with Crippen LogP contribution in [0.25, 0.3) is 10.6 Å². The Morgan fingerprint density at radius 2 is 1.78 bits per heavy atom. The Morgan fingerprint density at radius 3 is 2.47 bits per heavy atom. The van der Waals surface area contributed by atoms with Gasteiger partial charge in [0.15, 0.2) is 0 Å². The number of nitrogens with one attached hydrogen (secondary N) is 2. The zero-order valence-corrected chi connectivity index (χ0v) is 16.8. The smallest absolute Gasteiger partial charge is 0.340 e. The number of aromatic nitrogens is 3. The second kappa shape index (κ2) is 8.71. The Balaban J connectivity index is 1.46. The average Bonchev–Trinajstić information content (AvgIpc) is 3.22. The molecule has 32 heavy (non-hydrogen) atoms. The van der Waals surface area contributed by atoms with Crippen molar-refractivity contribution < 1.29 is 22.4 Å². The maximum atomic E-state index is 14.3. The molecule has 2 aromatic heterocycles. The van der Waals surface area contributed by atoms with Crippen LogP contribution in [0.3, 0.4) is 0 Å². The van der Waals surface area contributed by atoms with E-state index in [0.717, 1.165) is 17.4 Å². The fraction of sp³-hybridized carbons (Fsp3) is 0.0476. The molecule has 0 aliphatic rings. The largest absolute Gasteiger partial charge is 0.419 e. The lowest BCUT2D eigenvalue weighted by Gasteiger charge is -2.09. The molecule has 0 atom stereocenters. The maximum absolute atomic E-state index is 14.3. The molecular weight excluding hydrogens is 446 g/mol. The van der Waals surface area contributed by atoms with Gasteiger partial charge in [-0.3, -0.25) is 4.79 Å². The molecule has 0 unspecified atom stereocenters. The summed E-state index contributed by atoms with van der Waals surface area (Å²) < 4.78 is 53.1. The van der Waals surface area contributed by atoms with E-state index < -0.39 is 23.5 Å². The number of rotatable bonds is 5. The fourth-order valence-electron chi connectivity index (χ4n) is 2.78. The first-order chi connectivity index (χ1) is 15.3. The van der Waals surface area contributed by atoms with Gasteiger partial charge >= 0.3 is 6.18 Å². The molecule has 0 aliphatic heterocycles. The molecule has 6 nitrogen and oxygen atoms in total. The van der Waals surface area contributed by atoms with Crippen LogP contribution < -0.4 is 10.6 Å². The highest BCUT2D eigenvalue weighted by molar-refractivity contribution is 7.13. The lowest BCUT2D eigenvalue weighted by molar-refractivity contribution is -0.139. The van der Waals surface area contributed by atoms with E-state index >= 15 is 0 Å². The Hall–Kier alpha value is -3.86. The second-order valence-corrected chi connectivity index (χ2v) is 7.31.